The molecule has 2 aromatic rings. The lowest BCUT2D eigenvalue weighted by atomic mass is 9.93. The number of fused-ring (bicyclic) bond motifs is 3. The van der Waals surface area contributed by atoms with Crippen molar-refractivity contribution in [2.24, 2.45) is 5.92 Å². The maximum absolute atomic E-state index is 13.1. The van der Waals surface area contributed by atoms with E-state index in [-0.39, 0.29) is 17.7 Å². The molecule has 3 heterocycles. The highest BCUT2D eigenvalue weighted by molar-refractivity contribution is 6.31. The zero-order valence-corrected chi connectivity index (χ0v) is 16.5. The molecule has 0 atom stereocenters. The number of piperidine rings is 1. The highest BCUT2D eigenvalue weighted by atomic mass is 35.5. The van der Waals surface area contributed by atoms with Gasteiger partial charge in [0.1, 0.15) is 0 Å². The summed E-state index contributed by atoms with van der Waals surface area (Å²) in [6.45, 7) is 4.83. The van der Waals surface area contributed by atoms with Crippen LogP contribution in [0.2, 0.25) is 5.02 Å². The number of nitrogens with one attached hydrogen (secondary N) is 1. The first-order chi connectivity index (χ1) is 13.1. The Hall–Kier alpha value is -2.01. The van der Waals surface area contributed by atoms with Crippen molar-refractivity contribution in [2.75, 3.05) is 19.6 Å². The average molecular weight is 388 g/mol. The molecule has 1 aromatic heterocycles. The second-order valence-corrected chi connectivity index (χ2v) is 8.12. The highest BCUT2D eigenvalue weighted by Crippen LogP contribution is 2.31. The molecule has 2 aliphatic rings. The molecule has 5 nitrogen and oxygen atoms in total. The van der Waals surface area contributed by atoms with E-state index in [2.05, 4.69) is 4.98 Å². The number of benzene rings is 1. The molecule has 1 N–H and O–H groups in total. The number of hydrogen-bond acceptors (Lipinski definition) is 2. The third-order valence-corrected chi connectivity index (χ3v) is 6.14. The zero-order chi connectivity index (χ0) is 19.0. The van der Waals surface area contributed by atoms with Crippen LogP contribution in [0.15, 0.2) is 18.2 Å². The van der Waals surface area contributed by atoms with Gasteiger partial charge in [0.15, 0.2) is 0 Å². The molecule has 0 saturated carbocycles. The van der Waals surface area contributed by atoms with E-state index in [4.69, 9.17) is 11.6 Å². The van der Waals surface area contributed by atoms with Gasteiger partial charge in [0.25, 0.3) is 0 Å². The quantitative estimate of drug-likeness (QED) is 0.872. The number of amides is 2. The van der Waals surface area contributed by atoms with Gasteiger partial charge in [-0.2, -0.15) is 0 Å². The van der Waals surface area contributed by atoms with Gasteiger partial charge in [-0.1, -0.05) is 18.5 Å². The minimum Gasteiger partial charge on any atom is -0.358 e. The average Bonchev–Trinajstić information content (AvgIpc) is 3.05. The standard InChI is InChI=1S/C21H26ClN3O2/c1-2-3-20(26)24-9-6-14(7-10-24)21(27)25-11-8-19-17(13-25)16-12-15(22)4-5-18(16)23-19/h4-5,12,14,23H,2-3,6-11,13H2,1H3. The monoisotopic (exact) mass is 387 g/mol. The Balaban J connectivity index is 1.43. The lowest BCUT2D eigenvalue weighted by Crippen LogP contribution is -2.45. The van der Waals surface area contributed by atoms with Crippen molar-refractivity contribution in [1.82, 2.24) is 14.8 Å². The first kappa shape index (κ1) is 18.4. The summed E-state index contributed by atoms with van der Waals surface area (Å²) >= 11 is 6.17. The summed E-state index contributed by atoms with van der Waals surface area (Å²) in [5.74, 6) is 0.493. The van der Waals surface area contributed by atoms with Crippen LogP contribution in [-0.4, -0.2) is 46.2 Å². The minimum absolute atomic E-state index is 0.0334. The molecule has 1 aromatic carbocycles. The van der Waals surface area contributed by atoms with Gasteiger partial charge in [0.05, 0.1) is 0 Å². The minimum atomic E-state index is 0.0334. The summed E-state index contributed by atoms with van der Waals surface area (Å²) in [7, 11) is 0. The summed E-state index contributed by atoms with van der Waals surface area (Å²) in [5, 5.41) is 1.84. The molecule has 2 aliphatic heterocycles. The number of hydrogen-bond donors (Lipinski definition) is 1. The van der Waals surface area contributed by atoms with Crippen molar-refractivity contribution in [3.63, 3.8) is 0 Å². The van der Waals surface area contributed by atoms with E-state index < -0.39 is 0 Å². The lowest BCUT2D eigenvalue weighted by Gasteiger charge is -2.35. The molecule has 0 aliphatic carbocycles. The molecule has 0 bridgehead atoms. The molecule has 27 heavy (non-hydrogen) atoms. The molecule has 4 rings (SSSR count). The number of halogens is 1. The number of nitrogens with zero attached hydrogens (tertiary/aromatic N) is 2. The van der Waals surface area contributed by atoms with Gasteiger partial charge in [-0.3, -0.25) is 9.59 Å². The summed E-state index contributed by atoms with van der Waals surface area (Å²) < 4.78 is 0. The van der Waals surface area contributed by atoms with Crippen LogP contribution < -0.4 is 0 Å². The molecule has 0 radical (unpaired) electrons. The van der Waals surface area contributed by atoms with Crippen LogP contribution >= 0.6 is 11.6 Å². The van der Waals surface area contributed by atoms with E-state index in [0.29, 0.717) is 26.1 Å². The lowest BCUT2D eigenvalue weighted by molar-refractivity contribution is -0.141. The van der Waals surface area contributed by atoms with E-state index in [0.717, 1.165) is 48.2 Å². The van der Waals surface area contributed by atoms with Crippen molar-refractivity contribution in [2.45, 2.75) is 45.6 Å². The van der Waals surface area contributed by atoms with Crippen LogP contribution in [0.4, 0.5) is 0 Å². The fraction of sp³-hybridized carbons (Fsp3) is 0.524. The topological polar surface area (TPSA) is 56.4 Å². The summed E-state index contributed by atoms with van der Waals surface area (Å²) in [4.78, 5) is 32.5. The SMILES string of the molecule is CCCC(=O)N1CCC(C(=O)N2CCc3[nH]c4ccc(Cl)cc4c3C2)CC1. The van der Waals surface area contributed by atoms with Crippen molar-refractivity contribution in [3.8, 4) is 0 Å². The van der Waals surface area contributed by atoms with Crippen LogP contribution in [0.5, 0.6) is 0 Å². The van der Waals surface area contributed by atoms with E-state index in [1.54, 1.807) is 0 Å². The van der Waals surface area contributed by atoms with Crippen LogP contribution in [0.3, 0.4) is 0 Å². The van der Waals surface area contributed by atoms with E-state index in [1.165, 1.54) is 11.3 Å². The largest absolute Gasteiger partial charge is 0.358 e. The van der Waals surface area contributed by atoms with Crippen molar-refractivity contribution in [1.29, 1.82) is 0 Å². The van der Waals surface area contributed by atoms with Gasteiger partial charge in [-0.15, -0.1) is 0 Å². The number of rotatable bonds is 3. The Kier molecular flexibility index (Phi) is 5.13. The molecular formula is C21H26ClN3O2. The van der Waals surface area contributed by atoms with Crippen LogP contribution in [-0.2, 0) is 22.6 Å². The van der Waals surface area contributed by atoms with Gasteiger partial charge in [-0.25, -0.2) is 0 Å². The maximum atomic E-state index is 13.1. The number of H-pyrrole nitrogens is 1. The van der Waals surface area contributed by atoms with Gasteiger partial charge in [-0.05, 0) is 37.5 Å². The Morgan fingerprint density at radius 1 is 1.19 bits per heavy atom. The number of likely N-dealkylation sites (tertiary alicyclic amines) is 1. The van der Waals surface area contributed by atoms with Crippen molar-refractivity contribution >= 4 is 34.3 Å². The molecule has 144 valence electrons. The molecule has 6 heteroatoms. The summed E-state index contributed by atoms with van der Waals surface area (Å²) in [6.07, 6.45) is 3.88. The van der Waals surface area contributed by atoms with Crippen molar-refractivity contribution < 1.29 is 9.59 Å². The molecule has 1 saturated heterocycles. The predicted octanol–water partition coefficient (Wildman–Crippen LogP) is 3.74. The molecule has 1 fully saturated rings. The second-order valence-electron chi connectivity index (χ2n) is 7.69. The molecule has 0 spiro atoms. The summed E-state index contributed by atoms with van der Waals surface area (Å²) in [6, 6.07) is 5.88. The van der Waals surface area contributed by atoms with E-state index >= 15 is 0 Å². The third kappa shape index (κ3) is 3.57. The number of carbonyl (C=O) groups excluding carboxylic acids is 2. The fourth-order valence-electron chi connectivity index (χ4n) is 4.38. The second kappa shape index (κ2) is 7.55. The first-order valence-corrected chi connectivity index (χ1v) is 10.3. The molecular weight excluding hydrogens is 362 g/mol. The molecule has 2 amide bonds. The van der Waals surface area contributed by atoms with Gasteiger partial charge < -0.3 is 14.8 Å². The molecule has 0 unspecified atom stereocenters. The normalized spacial score (nSPS) is 18.0. The van der Waals surface area contributed by atoms with Gasteiger partial charge in [0, 0.05) is 72.1 Å². The van der Waals surface area contributed by atoms with Crippen LogP contribution in [0.1, 0.15) is 43.9 Å². The first-order valence-electron chi connectivity index (χ1n) is 9.92. The number of aromatic nitrogens is 1. The van der Waals surface area contributed by atoms with Gasteiger partial charge in [0.2, 0.25) is 11.8 Å². The number of carbonyl (C=O) groups is 2. The smallest absolute Gasteiger partial charge is 0.226 e. The Morgan fingerprint density at radius 3 is 2.70 bits per heavy atom. The van der Waals surface area contributed by atoms with Crippen LogP contribution in [0, 0.1) is 5.92 Å². The van der Waals surface area contributed by atoms with E-state index in [1.807, 2.05) is 34.9 Å². The number of aromatic amines is 1. The Labute approximate surface area is 164 Å². The predicted molar refractivity (Wildman–Crippen MR) is 107 cm³/mol. The van der Waals surface area contributed by atoms with E-state index in [9.17, 15) is 9.59 Å². The fourth-order valence-corrected chi connectivity index (χ4v) is 4.55. The third-order valence-electron chi connectivity index (χ3n) is 5.91. The maximum Gasteiger partial charge on any atom is 0.226 e. The Morgan fingerprint density at radius 2 is 1.96 bits per heavy atom. The Bertz CT molecular complexity index is 868. The summed E-state index contributed by atoms with van der Waals surface area (Å²) in [5.41, 5.74) is 3.50. The highest BCUT2D eigenvalue weighted by Gasteiger charge is 2.32. The van der Waals surface area contributed by atoms with Crippen molar-refractivity contribution in [3.05, 3.63) is 34.5 Å². The van der Waals surface area contributed by atoms with Gasteiger partial charge >= 0.3 is 0 Å². The zero-order valence-electron chi connectivity index (χ0n) is 15.8. The van der Waals surface area contributed by atoms with Crippen LogP contribution in [0.25, 0.3) is 10.9 Å².